The number of primary amides is 1. The van der Waals surface area contributed by atoms with Gasteiger partial charge in [-0.05, 0) is 35.9 Å². The highest BCUT2D eigenvalue weighted by atomic mass is 35.5. The molecular formula is C16H15ClFN3O3. The minimum atomic E-state index is -0.764. The van der Waals surface area contributed by atoms with Crippen LogP contribution in [0.1, 0.15) is 11.1 Å². The highest BCUT2D eigenvalue weighted by molar-refractivity contribution is 6.31. The van der Waals surface area contributed by atoms with Crippen molar-refractivity contribution in [2.24, 2.45) is 10.8 Å². The van der Waals surface area contributed by atoms with Gasteiger partial charge >= 0.3 is 6.03 Å². The molecule has 2 rings (SSSR count). The van der Waals surface area contributed by atoms with Gasteiger partial charge in [0.15, 0.2) is 11.5 Å². The predicted octanol–water partition coefficient (Wildman–Crippen LogP) is 3.07. The van der Waals surface area contributed by atoms with Gasteiger partial charge < -0.3 is 15.2 Å². The minimum Gasteiger partial charge on any atom is -0.493 e. The fraction of sp³-hybridized carbons (Fsp3) is 0.125. The van der Waals surface area contributed by atoms with Crippen LogP contribution in [-0.4, -0.2) is 19.4 Å². The van der Waals surface area contributed by atoms with E-state index in [4.69, 9.17) is 26.8 Å². The third kappa shape index (κ3) is 4.60. The van der Waals surface area contributed by atoms with Crippen LogP contribution in [0.15, 0.2) is 41.5 Å². The molecule has 0 fully saturated rings. The standard InChI is InChI=1S/C16H15ClFN3O3/c1-23-15-7-10(8-20-21-16(19)22)5-6-14(15)24-9-11-12(17)3-2-4-13(11)18/h2-8H,9H2,1H3,(H3,19,21,22). The zero-order valence-electron chi connectivity index (χ0n) is 12.8. The molecule has 0 unspecified atom stereocenters. The quantitative estimate of drug-likeness (QED) is 0.619. The van der Waals surface area contributed by atoms with Crippen LogP contribution in [0.4, 0.5) is 9.18 Å². The zero-order valence-corrected chi connectivity index (χ0v) is 13.5. The van der Waals surface area contributed by atoms with Crippen molar-refractivity contribution in [1.82, 2.24) is 5.43 Å². The number of hydrogen-bond donors (Lipinski definition) is 2. The van der Waals surface area contributed by atoms with Gasteiger partial charge in [-0.3, -0.25) is 0 Å². The molecule has 0 bridgehead atoms. The van der Waals surface area contributed by atoms with Gasteiger partial charge in [0.25, 0.3) is 0 Å². The van der Waals surface area contributed by atoms with Crippen molar-refractivity contribution in [2.75, 3.05) is 7.11 Å². The van der Waals surface area contributed by atoms with Crippen LogP contribution in [0.5, 0.6) is 11.5 Å². The van der Waals surface area contributed by atoms with Crippen LogP contribution < -0.4 is 20.6 Å². The fourth-order valence-electron chi connectivity index (χ4n) is 1.87. The van der Waals surface area contributed by atoms with Crippen LogP contribution in [0.2, 0.25) is 5.02 Å². The molecule has 0 atom stereocenters. The smallest absolute Gasteiger partial charge is 0.332 e. The summed E-state index contributed by atoms with van der Waals surface area (Å²) >= 11 is 5.96. The first kappa shape index (κ1) is 17.6. The summed E-state index contributed by atoms with van der Waals surface area (Å²) in [5, 5.41) is 3.94. The van der Waals surface area contributed by atoms with Crippen molar-refractivity contribution in [3.05, 3.63) is 58.4 Å². The van der Waals surface area contributed by atoms with E-state index < -0.39 is 11.8 Å². The molecule has 2 aromatic rings. The molecule has 126 valence electrons. The predicted molar refractivity (Wildman–Crippen MR) is 89.0 cm³/mol. The van der Waals surface area contributed by atoms with E-state index in [2.05, 4.69) is 10.5 Å². The Morgan fingerprint density at radius 2 is 2.17 bits per heavy atom. The molecule has 0 aliphatic rings. The minimum absolute atomic E-state index is 0.0431. The molecule has 0 aliphatic heterocycles. The van der Waals surface area contributed by atoms with Crippen molar-refractivity contribution >= 4 is 23.8 Å². The Morgan fingerprint density at radius 3 is 2.83 bits per heavy atom. The van der Waals surface area contributed by atoms with E-state index in [9.17, 15) is 9.18 Å². The number of carbonyl (C=O) groups is 1. The Labute approximate surface area is 143 Å². The summed E-state index contributed by atoms with van der Waals surface area (Å²) < 4.78 is 24.6. The summed E-state index contributed by atoms with van der Waals surface area (Å²) in [4.78, 5) is 10.6. The Morgan fingerprint density at radius 1 is 1.38 bits per heavy atom. The van der Waals surface area contributed by atoms with E-state index >= 15 is 0 Å². The molecular weight excluding hydrogens is 337 g/mol. The molecule has 2 amide bonds. The maximum absolute atomic E-state index is 13.7. The molecule has 8 heteroatoms. The van der Waals surface area contributed by atoms with Crippen molar-refractivity contribution < 1.29 is 18.7 Å². The highest BCUT2D eigenvalue weighted by Gasteiger charge is 2.10. The van der Waals surface area contributed by atoms with Gasteiger partial charge in [0.05, 0.1) is 18.3 Å². The summed E-state index contributed by atoms with van der Waals surface area (Å²) in [5.74, 6) is 0.394. The Balaban J connectivity index is 2.13. The largest absolute Gasteiger partial charge is 0.493 e. The van der Waals surface area contributed by atoms with Crippen LogP contribution in [0.25, 0.3) is 0 Å². The molecule has 0 spiro atoms. The van der Waals surface area contributed by atoms with E-state index in [0.717, 1.165) is 0 Å². The maximum atomic E-state index is 13.7. The van der Waals surface area contributed by atoms with Crippen LogP contribution >= 0.6 is 11.6 Å². The molecule has 3 N–H and O–H groups in total. The van der Waals surface area contributed by atoms with Gasteiger partial charge in [-0.1, -0.05) is 17.7 Å². The molecule has 0 aromatic heterocycles. The normalized spacial score (nSPS) is 10.6. The molecule has 0 saturated carbocycles. The first-order valence-electron chi connectivity index (χ1n) is 6.83. The number of urea groups is 1. The van der Waals surface area contributed by atoms with Crippen molar-refractivity contribution in [3.8, 4) is 11.5 Å². The number of hydrazone groups is 1. The number of nitrogens with two attached hydrogens (primary N) is 1. The summed E-state index contributed by atoms with van der Waals surface area (Å²) in [5.41, 5.74) is 7.90. The molecule has 0 aliphatic carbocycles. The number of hydrogen-bond acceptors (Lipinski definition) is 4. The molecule has 2 aromatic carbocycles. The van der Waals surface area contributed by atoms with E-state index in [1.165, 1.54) is 25.5 Å². The second kappa shape index (κ2) is 8.16. The number of amides is 2. The van der Waals surface area contributed by atoms with Gasteiger partial charge in [0.1, 0.15) is 12.4 Å². The number of methoxy groups -OCH3 is 1. The number of halogens is 2. The lowest BCUT2D eigenvalue weighted by Gasteiger charge is -2.12. The highest BCUT2D eigenvalue weighted by Crippen LogP contribution is 2.29. The summed E-state index contributed by atoms with van der Waals surface area (Å²) in [6.07, 6.45) is 1.39. The zero-order chi connectivity index (χ0) is 17.5. The summed E-state index contributed by atoms with van der Waals surface area (Å²) in [7, 11) is 1.47. The van der Waals surface area contributed by atoms with Crippen LogP contribution in [0.3, 0.4) is 0 Å². The maximum Gasteiger partial charge on any atom is 0.332 e. The van der Waals surface area contributed by atoms with E-state index in [0.29, 0.717) is 17.1 Å². The molecule has 0 radical (unpaired) electrons. The third-order valence-electron chi connectivity index (χ3n) is 3.01. The average Bonchev–Trinajstić information content (AvgIpc) is 2.54. The second-order valence-electron chi connectivity index (χ2n) is 4.63. The average molecular weight is 352 g/mol. The number of nitrogens with zero attached hydrogens (tertiary/aromatic N) is 1. The molecule has 24 heavy (non-hydrogen) atoms. The molecule has 0 heterocycles. The van der Waals surface area contributed by atoms with Crippen molar-refractivity contribution in [2.45, 2.75) is 6.61 Å². The van der Waals surface area contributed by atoms with Gasteiger partial charge in [-0.2, -0.15) is 5.10 Å². The first-order chi connectivity index (χ1) is 11.5. The lowest BCUT2D eigenvalue weighted by atomic mass is 10.2. The van der Waals surface area contributed by atoms with E-state index in [1.54, 1.807) is 24.3 Å². The number of nitrogens with one attached hydrogen (secondary N) is 1. The number of ether oxygens (including phenoxy) is 2. The van der Waals surface area contributed by atoms with Gasteiger partial charge in [-0.25, -0.2) is 14.6 Å². The topological polar surface area (TPSA) is 85.9 Å². The van der Waals surface area contributed by atoms with Gasteiger partial charge in [0, 0.05) is 5.56 Å². The SMILES string of the molecule is COc1cc(C=NNC(N)=O)ccc1OCc1c(F)cccc1Cl. The monoisotopic (exact) mass is 351 g/mol. The molecule has 6 nitrogen and oxygen atoms in total. The van der Waals surface area contributed by atoms with Crippen LogP contribution in [0, 0.1) is 5.82 Å². The van der Waals surface area contributed by atoms with Crippen LogP contribution in [-0.2, 0) is 6.61 Å². The van der Waals surface area contributed by atoms with Gasteiger partial charge in [0.2, 0.25) is 0 Å². The second-order valence-corrected chi connectivity index (χ2v) is 5.04. The summed E-state index contributed by atoms with van der Waals surface area (Å²) in [6, 6.07) is 8.63. The fourth-order valence-corrected chi connectivity index (χ4v) is 2.09. The van der Waals surface area contributed by atoms with E-state index in [1.807, 2.05) is 0 Å². The first-order valence-corrected chi connectivity index (χ1v) is 7.21. The van der Waals surface area contributed by atoms with E-state index in [-0.39, 0.29) is 17.2 Å². The Kier molecular flexibility index (Phi) is 5.97. The Hall–Kier alpha value is -2.80. The molecule has 0 saturated heterocycles. The number of benzene rings is 2. The lowest BCUT2D eigenvalue weighted by molar-refractivity contribution is 0.249. The number of carbonyl (C=O) groups excluding carboxylic acids is 1. The lowest BCUT2D eigenvalue weighted by Crippen LogP contribution is -2.24. The number of rotatable bonds is 6. The summed E-state index contributed by atoms with van der Waals surface area (Å²) in [6.45, 7) is -0.0431. The van der Waals surface area contributed by atoms with Crippen molar-refractivity contribution in [3.63, 3.8) is 0 Å². The van der Waals surface area contributed by atoms with Crippen molar-refractivity contribution in [1.29, 1.82) is 0 Å². The van der Waals surface area contributed by atoms with Gasteiger partial charge in [-0.15, -0.1) is 0 Å². The third-order valence-corrected chi connectivity index (χ3v) is 3.36. The Bertz CT molecular complexity index is 748.